The molecule has 3 rings (SSSR count). The highest BCUT2D eigenvalue weighted by Crippen LogP contribution is 2.23. The predicted octanol–water partition coefficient (Wildman–Crippen LogP) is 2.70. The fourth-order valence-corrected chi connectivity index (χ4v) is 3.16. The lowest BCUT2D eigenvalue weighted by atomic mass is 10.3. The van der Waals surface area contributed by atoms with Gasteiger partial charge in [0.25, 0.3) is 0 Å². The molecule has 0 radical (unpaired) electrons. The zero-order valence-electron chi connectivity index (χ0n) is 14.2. The van der Waals surface area contributed by atoms with Crippen LogP contribution in [0, 0.1) is 11.3 Å². The van der Waals surface area contributed by atoms with Crippen molar-refractivity contribution in [3.8, 4) is 17.7 Å². The molecular formula is C17H17N5O3S. The van der Waals surface area contributed by atoms with Crippen molar-refractivity contribution in [2.45, 2.75) is 18.1 Å². The third-order valence-electron chi connectivity index (χ3n) is 3.67. The molecule has 0 aliphatic carbocycles. The number of rotatable bonds is 8. The van der Waals surface area contributed by atoms with E-state index >= 15 is 0 Å². The van der Waals surface area contributed by atoms with Gasteiger partial charge in [-0.2, -0.15) is 5.26 Å². The van der Waals surface area contributed by atoms with Gasteiger partial charge in [0, 0.05) is 13.6 Å². The molecule has 0 saturated carbocycles. The van der Waals surface area contributed by atoms with Crippen molar-refractivity contribution in [1.82, 2.24) is 19.7 Å². The van der Waals surface area contributed by atoms with E-state index in [2.05, 4.69) is 16.3 Å². The predicted molar refractivity (Wildman–Crippen MR) is 93.8 cm³/mol. The van der Waals surface area contributed by atoms with Gasteiger partial charge >= 0.3 is 0 Å². The van der Waals surface area contributed by atoms with E-state index in [1.54, 1.807) is 46.3 Å². The monoisotopic (exact) mass is 371 g/mol. The average Bonchev–Trinajstić information content (AvgIpc) is 3.39. The lowest BCUT2D eigenvalue weighted by Gasteiger charge is -2.20. The second kappa shape index (κ2) is 8.40. The summed E-state index contributed by atoms with van der Waals surface area (Å²) < 4.78 is 12.4. The molecular weight excluding hydrogens is 354 g/mol. The lowest BCUT2D eigenvalue weighted by Crippen LogP contribution is -2.32. The number of carbonyl (C=O) groups excluding carboxylic acids is 1. The minimum Gasteiger partial charge on any atom is -0.467 e. The molecule has 0 aliphatic rings. The molecule has 0 aliphatic heterocycles. The summed E-state index contributed by atoms with van der Waals surface area (Å²) in [5.41, 5.74) is 0. The Hall–Kier alpha value is -2.99. The van der Waals surface area contributed by atoms with E-state index in [0.29, 0.717) is 35.6 Å². The Bertz CT molecular complexity index is 880. The molecule has 0 unspecified atom stereocenters. The fourth-order valence-electron chi connectivity index (χ4n) is 2.35. The topological polar surface area (TPSA) is 101 Å². The molecule has 8 nitrogen and oxygen atoms in total. The number of hydrogen-bond donors (Lipinski definition) is 0. The third kappa shape index (κ3) is 4.15. The molecule has 0 fully saturated rings. The van der Waals surface area contributed by atoms with Crippen LogP contribution < -0.4 is 0 Å². The molecule has 0 bridgehead atoms. The molecule has 3 aromatic rings. The Kier molecular flexibility index (Phi) is 5.76. The maximum absolute atomic E-state index is 12.6. The van der Waals surface area contributed by atoms with Crippen LogP contribution in [-0.2, 0) is 18.4 Å². The summed E-state index contributed by atoms with van der Waals surface area (Å²) in [6, 6.07) is 9.22. The van der Waals surface area contributed by atoms with Crippen LogP contribution in [0.25, 0.3) is 11.6 Å². The van der Waals surface area contributed by atoms with Crippen LogP contribution in [0.15, 0.2) is 50.8 Å². The number of nitrogens with zero attached hydrogens (tertiary/aromatic N) is 5. The van der Waals surface area contributed by atoms with Crippen molar-refractivity contribution in [3.63, 3.8) is 0 Å². The normalized spacial score (nSPS) is 10.6. The van der Waals surface area contributed by atoms with Crippen LogP contribution >= 0.6 is 11.8 Å². The zero-order chi connectivity index (χ0) is 18.4. The van der Waals surface area contributed by atoms with Crippen LogP contribution in [-0.4, -0.2) is 37.9 Å². The van der Waals surface area contributed by atoms with E-state index in [1.165, 1.54) is 11.8 Å². The highest BCUT2D eigenvalue weighted by atomic mass is 32.2. The summed E-state index contributed by atoms with van der Waals surface area (Å²) in [5, 5.41) is 17.6. The van der Waals surface area contributed by atoms with Crippen molar-refractivity contribution >= 4 is 17.7 Å². The van der Waals surface area contributed by atoms with Gasteiger partial charge in [0.05, 0.1) is 37.3 Å². The number of amides is 1. The Morgan fingerprint density at radius 2 is 2.12 bits per heavy atom. The van der Waals surface area contributed by atoms with Gasteiger partial charge in [-0.05, 0) is 24.3 Å². The molecule has 1 amide bonds. The van der Waals surface area contributed by atoms with Crippen molar-refractivity contribution < 1.29 is 13.6 Å². The Balaban J connectivity index is 1.63. The van der Waals surface area contributed by atoms with Crippen molar-refractivity contribution in [2.24, 2.45) is 7.05 Å². The maximum Gasteiger partial charge on any atom is 0.233 e. The molecule has 0 saturated heterocycles. The van der Waals surface area contributed by atoms with Gasteiger partial charge in [0.15, 0.2) is 16.7 Å². The van der Waals surface area contributed by atoms with E-state index in [1.807, 2.05) is 7.05 Å². The van der Waals surface area contributed by atoms with Crippen LogP contribution in [0.1, 0.15) is 12.2 Å². The van der Waals surface area contributed by atoms with E-state index in [-0.39, 0.29) is 18.1 Å². The lowest BCUT2D eigenvalue weighted by molar-refractivity contribution is -0.129. The van der Waals surface area contributed by atoms with Crippen LogP contribution in [0.3, 0.4) is 0 Å². The molecule has 9 heteroatoms. The van der Waals surface area contributed by atoms with Crippen LogP contribution in [0.2, 0.25) is 0 Å². The average molecular weight is 371 g/mol. The number of thioether (sulfide) groups is 1. The quantitative estimate of drug-likeness (QED) is 0.561. The van der Waals surface area contributed by atoms with Gasteiger partial charge in [0.2, 0.25) is 5.91 Å². The first kappa shape index (κ1) is 17.8. The number of hydrogen-bond acceptors (Lipinski definition) is 7. The summed E-state index contributed by atoms with van der Waals surface area (Å²) in [7, 11) is 1.82. The first-order chi connectivity index (χ1) is 12.7. The minimum absolute atomic E-state index is 0.0933. The van der Waals surface area contributed by atoms with E-state index < -0.39 is 0 Å². The third-order valence-corrected chi connectivity index (χ3v) is 4.68. The van der Waals surface area contributed by atoms with Gasteiger partial charge in [-0.15, -0.1) is 10.2 Å². The minimum atomic E-state index is -0.0933. The van der Waals surface area contributed by atoms with Gasteiger partial charge in [-0.25, -0.2) is 0 Å². The Morgan fingerprint density at radius 1 is 1.31 bits per heavy atom. The van der Waals surface area contributed by atoms with Crippen molar-refractivity contribution in [1.29, 1.82) is 5.26 Å². The maximum atomic E-state index is 12.6. The second-order valence-corrected chi connectivity index (χ2v) is 6.38. The van der Waals surface area contributed by atoms with Crippen molar-refractivity contribution in [2.75, 3.05) is 12.3 Å². The molecule has 134 valence electrons. The summed E-state index contributed by atoms with van der Waals surface area (Å²) >= 11 is 1.29. The van der Waals surface area contributed by atoms with Gasteiger partial charge in [-0.3, -0.25) is 4.79 Å². The molecule has 0 aromatic carbocycles. The highest BCUT2D eigenvalue weighted by Gasteiger charge is 2.18. The highest BCUT2D eigenvalue weighted by molar-refractivity contribution is 7.99. The van der Waals surface area contributed by atoms with E-state index in [9.17, 15) is 4.79 Å². The zero-order valence-corrected chi connectivity index (χ0v) is 15.0. The first-order valence-corrected chi connectivity index (χ1v) is 8.90. The first-order valence-electron chi connectivity index (χ1n) is 7.92. The van der Waals surface area contributed by atoms with Gasteiger partial charge in [-0.1, -0.05) is 11.8 Å². The van der Waals surface area contributed by atoms with Crippen molar-refractivity contribution in [3.05, 3.63) is 42.6 Å². The van der Waals surface area contributed by atoms with Crippen LogP contribution in [0.4, 0.5) is 0 Å². The summed E-state index contributed by atoms with van der Waals surface area (Å²) in [6.45, 7) is 0.692. The molecule has 0 spiro atoms. The summed E-state index contributed by atoms with van der Waals surface area (Å²) in [4.78, 5) is 14.2. The van der Waals surface area contributed by atoms with Gasteiger partial charge < -0.3 is 18.3 Å². The van der Waals surface area contributed by atoms with Gasteiger partial charge in [0.1, 0.15) is 5.76 Å². The fraction of sp³-hybridized carbons (Fsp3) is 0.294. The number of carbonyl (C=O) groups is 1. The molecule has 0 N–H and O–H groups in total. The number of aromatic nitrogens is 3. The number of nitriles is 1. The molecule has 3 heterocycles. The van der Waals surface area contributed by atoms with E-state index in [0.717, 1.165) is 0 Å². The Morgan fingerprint density at radius 3 is 2.81 bits per heavy atom. The molecule has 0 atom stereocenters. The van der Waals surface area contributed by atoms with E-state index in [4.69, 9.17) is 14.1 Å². The summed E-state index contributed by atoms with van der Waals surface area (Å²) in [5.74, 6) is 1.99. The standard InChI is InChI=1S/C17H17N5O3S/c1-21-16(14-6-3-10-25-14)19-20-17(21)26-12-15(23)22(8-4-7-18)11-13-5-2-9-24-13/h2-3,5-6,9-10H,4,8,11-12H2,1H3. The smallest absolute Gasteiger partial charge is 0.233 e. The number of furan rings is 2. The summed E-state index contributed by atoms with van der Waals surface area (Å²) in [6.07, 6.45) is 3.40. The largest absolute Gasteiger partial charge is 0.467 e. The van der Waals surface area contributed by atoms with Crippen LogP contribution in [0.5, 0.6) is 0 Å². The Labute approximate surface area is 154 Å². The second-order valence-electron chi connectivity index (χ2n) is 5.43. The molecule has 3 aromatic heterocycles. The SMILES string of the molecule is Cn1c(SCC(=O)N(CCC#N)Cc2ccco2)nnc1-c1ccco1. The molecule has 26 heavy (non-hydrogen) atoms.